The molecule has 2 atom stereocenters. The van der Waals surface area contributed by atoms with Crippen molar-refractivity contribution in [2.45, 2.75) is 17.0 Å². The molecule has 1 aliphatic heterocycles. The third-order valence-corrected chi connectivity index (χ3v) is 3.89. The Hall–Kier alpha value is -1.57. The predicted molar refractivity (Wildman–Crippen MR) is 68.8 cm³/mol. The second-order valence-corrected chi connectivity index (χ2v) is 5.21. The van der Waals surface area contributed by atoms with Gasteiger partial charge in [0.15, 0.2) is 6.10 Å². The molecule has 7 heteroatoms. The monoisotopic (exact) mass is 279 g/mol. The number of nitrogens with two attached hydrogens (primary N) is 1. The van der Waals surface area contributed by atoms with Gasteiger partial charge >= 0.3 is 0 Å². The molecule has 2 aromatic rings. The average molecular weight is 279 g/mol. The molecule has 19 heavy (non-hydrogen) atoms. The van der Waals surface area contributed by atoms with Crippen molar-refractivity contribution >= 4 is 11.8 Å². The van der Waals surface area contributed by atoms with Crippen LogP contribution in [0.3, 0.4) is 0 Å². The van der Waals surface area contributed by atoms with E-state index < -0.39 is 6.04 Å². The number of para-hydroxylation sites is 1. The van der Waals surface area contributed by atoms with Crippen molar-refractivity contribution in [3.8, 4) is 5.75 Å². The Morgan fingerprint density at radius 2 is 2.32 bits per heavy atom. The van der Waals surface area contributed by atoms with Gasteiger partial charge in [-0.15, -0.1) is 11.8 Å². The Labute approximate surface area is 113 Å². The second kappa shape index (κ2) is 5.20. The quantitative estimate of drug-likeness (QED) is 0.874. The lowest BCUT2D eigenvalue weighted by Crippen LogP contribution is -2.17. The van der Waals surface area contributed by atoms with Gasteiger partial charge in [-0.2, -0.15) is 4.98 Å². The van der Waals surface area contributed by atoms with Crippen molar-refractivity contribution in [2.75, 3.05) is 12.4 Å². The van der Waals surface area contributed by atoms with Crippen LogP contribution in [0.15, 0.2) is 33.7 Å². The summed E-state index contributed by atoms with van der Waals surface area (Å²) in [6.07, 6.45) is -0.261. The van der Waals surface area contributed by atoms with Gasteiger partial charge < -0.3 is 20.1 Å². The van der Waals surface area contributed by atoms with E-state index in [9.17, 15) is 0 Å². The SMILES string of the molecule is N[C@@H](CO)c1nc(C2CSc3ccccc3O2)no1. The molecule has 1 unspecified atom stereocenters. The van der Waals surface area contributed by atoms with Gasteiger partial charge in [-0.25, -0.2) is 0 Å². The van der Waals surface area contributed by atoms with Crippen molar-refractivity contribution in [3.63, 3.8) is 0 Å². The van der Waals surface area contributed by atoms with Crippen molar-refractivity contribution in [1.82, 2.24) is 10.1 Å². The number of aromatic nitrogens is 2. The molecule has 0 fully saturated rings. The van der Waals surface area contributed by atoms with Gasteiger partial charge in [0, 0.05) is 10.6 Å². The number of aliphatic hydroxyl groups is 1. The molecule has 100 valence electrons. The third kappa shape index (κ3) is 2.44. The number of rotatable bonds is 3. The van der Waals surface area contributed by atoms with Crippen LogP contribution >= 0.6 is 11.8 Å². The maximum absolute atomic E-state index is 8.95. The number of benzene rings is 1. The predicted octanol–water partition coefficient (Wildman–Crippen LogP) is 1.29. The molecule has 6 nitrogen and oxygen atoms in total. The topological polar surface area (TPSA) is 94.4 Å². The van der Waals surface area contributed by atoms with Crippen LogP contribution in [0.2, 0.25) is 0 Å². The number of fused-ring (bicyclic) bond motifs is 1. The minimum absolute atomic E-state index is 0.227. The molecule has 3 N–H and O–H groups in total. The van der Waals surface area contributed by atoms with E-state index >= 15 is 0 Å². The molecule has 0 bridgehead atoms. The van der Waals surface area contributed by atoms with Gasteiger partial charge in [-0.05, 0) is 12.1 Å². The van der Waals surface area contributed by atoms with E-state index in [4.69, 9.17) is 20.1 Å². The first kappa shape index (κ1) is 12.5. The zero-order valence-corrected chi connectivity index (χ0v) is 10.8. The molecule has 0 saturated heterocycles. The summed E-state index contributed by atoms with van der Waals surface area (Å²) < 4.78 is 10.9. The van der Waals surface area contributed by atoms with Gasteiger partial charge in [0.25, 0.3) is 0 Å². The first-order valence-corrected chi connectivity index (χ1v) is 6.85. The largest absolute Gasteiger partial charge is 0.480 e. The maximum atomic E-state index is 8.95. The highest BCUT2D eigenvalue weighted by Crippen LogP contribution is 2.39. The van der Waals surface area contributed by atoms with Crippen LogP contribution < -0.4 is 10.5 Å². The van der Waals surface area contributed by atoms with E-state index in [1.807, 2.05) is 24.3 Å². The van der Waals surface area contributed by atoms with Crippen LogP contribution in [0.1, 0.15) is 23.9 Å². The highest BCUT2D eigenvalue weighted by Gasteiger charge is 2.27. The summed E-state index contributed by atoms with van der Waals surface area (Å²) in [5.74, 6) is 2.22. The Morgan fingerprint density at radius 1 is 1.47 bits per heavy atom. The molecule has 0 amide bonds. The Balaban J connectivity index is 1.79. The number of thioether (sulfide) groups is 1. The van der Waals surface area contributed by atoms with Crippen LogP contribution in [0, 0.1) is 0 Å². The summed E-state index contributed by atoms with van der Waals surface area (Å²) in [6.45, 7) is -0.231. The fourth-order valence-electron chi connectivity index (χ4n) is 1.75. The number of hydrogen-bond donors (Lipinski definition) is 2. The lowest BCUT2D eigenvalue weighted by Gasteiger charge is -2.22. The van der Waals surface area contributed by atoms with Crippen LogP contribution in [0.25, 0.3) is 0 Å². The van der Waals surface area contributed by atoms with E-state index in [0.717, 1.165) is 10.6 Å². The maximum Gasteiger partial charge on any atom is 0.246 e. The molecule has 1 aliphatic rings. The van der Waals surface area contributed by atoms with Gasteiger partial charge in [0.1, 0.15) is 11.8 Å². The molecular formula is C12H13N3O3S. The van der Waals surface area contributed by atoms with Crippen LogP contribution in [-0.2, 0) is 0 Å². The van der Waals surface area contributed by atoms with Gasteiger partial charge in [0.2, 0.25) is 11.7 Å². The Morgan fingerprint density at radius 3 is 3.16 bits per heavy atom. The summed E-state index contributed by atoms with van der Waals surface area (Å²) in [5.41, 5.74) is 5.62. The molecule has 0 saturated carbocycles. The van der Waals surface area contributed by atoms with Crippen molar-refractivity contribution in [3.05, 3.63) is 36.0 Å². The summed E-state index contributed by atoms with van der Waals surface area (Å²) in [7, 11) is 0. The molecule has 1 aromatic carbocycles. The zero-order valence-electron chi connectivity index (χ0n) is 10.0. The normalized spacial score (nSPS) is 19.6. The number of aliphatic hydroxyl groups excluding tert-OH is 1. The lowest BCUT2D eigenvalue weighted by molar-refractivity contribution is 0.204. The Kier molecular flexibility index (Phi) is 3.41. The minimum atomic E-state index is -0.648. The molecule has 3 rings (SSSR count). The molecule has 0 radical (unpaired) electrons. The van der Waals surface area contributed by atoms with Gasteiger partial charge in [-0.1, -0.05) is 17.3 Å². The summed E-state index contributed by atoms with van der Waals surface area (Å²) in [5, 5.41) is 12.8. The summed E-state index contributed by atoms with van der Waals surface area (Å²) >= 11 is 1.69. The van der Waals surface area contributed by atoms with E-state index in [2.05, 4.69) is 10.1 Å². The van der Waals surface area contributed by atoms with E-state index in [-0.39, 0.29) is 18.6 Å². The van der Waals surface area contributed by atoms with Gasteiger partial charge in [-0.3, -0.25) is 0 Å². The molecule has 0 aliphatic carbocycles. The number of ether oxygens (including phenoxy) is 1. The first-order chi connectivity index (χ1) is 9.28. The summed E-state index contributed by atoms with van der Waals surface area (Å²) in [4.78, 5) is 5.28. The Bertz CT molecular complexity index is 575. The van der Waals surface area contributed by atoms with Crippen molar-refractivity contribution in [2.24, 2.45) is 5.73 Å². The highest BCUT2D eigenvalue weighted by molar-refractivity contribution is 7.99. The fraction of sp³-hybridized carbons (Fsp3) is 0.333. The first-order valence-electron chi connectivity index (χ1n) is 5.86. The van der Waals surface area contributed by atoms with Crippen LogP contribution in [0.5, 0.6) is 5.75 Å². The third-order valence-electron chi connectivity index (χ3n) is 2.77. The standard InChI is InChI=1S/C12H13N3O3S/c13-7(5-16)12-14-11(15-18-12)9-6-19-10-4-2-1-3-8(10)17-9/h1-4,7,9,16H,5-6,13H2/t7-,9?/m0/s1. The van der Waals surface area contributed by atoms with E-state index in [0.29, 0.717) is 11.6 Å². The molecule has 0 spiro atoms. The van der Waals surface area contributed by atoms with Crippen LogP contribution in [0.4, 0.5) is 0 Å². The molecule has 1 aromatic heterocycles. The number of hydrogen-bond acceptors (Lipinski definition) is 7. The van der Waals surface area contributed by atoms with Crippen LogP contribution in [-0.4, -0.2) is 27.6 Å². The molecular weight excluding hydrogens is 266 g/mol. The average Bonchev–Trinajstić information content (AvgIpc) is 2.95. The van der Waals surface area contributed by atoms with Crippen molar-refractivity contribution < 1.29 is 14.4 Å². The smallest absolute Gasteiger partial charge is 0.246 e. The van der Waals surface area contributed by atoms with Crippen molar-refractivity contribution in [1.29, 1.82) is 0 Å². The summed E-state index contributed by atoms with van der Waals surface area (Å²) in [6, 6.07) is 7.17. The molecule has 2 heterocycles. The lowest BCUT2D eigenvalue weighted by atomic mass is 10.3. The van der Waals surface area contributed by atoms with E-state index in [1.165, 1.54) is 0 Å². The van der Waals surface area contributed by atoms with Gasteiger partial charge in [0.05, 0.1) is 6.61 Å². The van der Waals surface area contributed by atoms with E-state index in [1.54, 1.807) is 11.8 Å². The number of nitrogens with zero attached hydrogens (tertiary/aromatic N) is 2. The second-order valence-electron chi connectivity index (χ2n) is 4.14. The fourth-order valence-corrected chi connectivity index (χ4v) is 2.73. The highest BCUT2D eigenvalue weighted by atomic mass is 32.2. The minimum Gasteiger partial charge on any atom is -0.480 e. The zero-order chi connectivity index (χ0) is 13.2.